The minimum Gasteiger partial charge on any atom is -0.508 e. The van der Waals surface area contributed by atoms with Crippen LogP contribution in [0, 0.1) is 23.7 Å². The molecule has 2 nitrogen and oxygen atoms in total. The summed E-state index contributed by atoms with van der Waals surface area (Å²) >= 11 is 0. The smallest absolute Gasteiger partial charge is 0.136 e. The third-order valence-corrected chi connectivity index (χ3v) is 6.73. The Bertz CT molecular complexity index is 618. The summed E-state index contributed by atoms with van der Waals surface area (Å²) in [5.41, 5.74) is 3.91. The first-order valence-corrected chi connectivity index (χ1v) is 8.97. The number of aryl methyl sites for hydroxylation is 2. The Morgan fingerprint density at radius 2 is 1.95 bits per heavy atom. The molecule has 4 unspecified atom stereocenters. The third kappa shape index (κ3) is 1.96. The molecular weight excluding hydrogens is 272 g/mol. The third-order valence-electron chi connectivity index (χ3n) is 6.73. The Morgan fingerprint density at radius 1 is 1.18 bits per heavy atom. The van der Waals surface area contributed by atoms with Gasteiger partial charge in [-0.2, -0.15) is 0 Å². The van der Waals surface area contributed by atoms with E-state index in [-0.39, 0.29) is 0 Å². The van der Waals surface area contributed by atoms with Crippen molar-refractivity contribution in [2.24, 2.45) is 23.7 Å². The zero-order valence-corrected chi connectivity index (χ0v) is 13.6. The van der Waals surface area contributed by atoms with E-state index in [2.05, 4.69) is 19.9 Å². The number of carbonyl (C=O) groups is 1. The van der Waals surface area contributed by atoms with Gasteiger partial charge in [-0.1, -0.05) is 19.9 Å². The van der Waals surface area contributed by atoms with Gasteiger partial charge in [-0.05, 0) is 78.5 Å². The number of hydrogen-bond acceptors (Lipinski definition) is 2. The highest BCUT2D eigenvalue weighted by Gasteiger charge is 2.50. The van der Waals surface area contributed by atoms with Gasteiger partial charge in [0.1, 0.15) is 11.5 Å². The number of aromatic hydroxyl groups is 1. The largest absolute Gasteiger partial charge is 0.508 e. The standard InChI is InChI=1S/C20H26O2/c1-3-12-9-16-13(10-19(12)22)4-5-14-15-6-7-18(21)20(15)11(2)8-17(14)16/h9-11,14-15,17,20,22H,3-8H2,1-2H3/t11-,14?,15?,17?,20?/m1/s1. The lowest BCUT2D eigenvalue weighted by atomic mass is 9.57. The predicted molar refractivity (Wildman–Crippen MR) is 87.0 cm³/mol. The van der Waals surface area contributed by atoms with Crippen molar-refractivity contribution in [3.8, 4) is 5.75 Å². The van der Waals surface area contributed by atoms with Crippen LogP contribution in [0.5, 0.6) is 5.75 Å². The molecule has 22 heavy (non-hydrogen) atoms. The molecular formula is C20H26O2. The van der Waals surface area contributed by atoms with Crippen LogP contribution in [0.4, 0.5) is 0 Å². The second kappa shape index (κ2) is 5.11. The molecule has 0 amide bonds. The first-order valence-electron chi connectivity index (χ1n) is 8.97. The fraction of sp³-hybridized carbons (Fsp3) is 0.650. The fourth-order valence-corrected chi connectivity index (χ4v) is 5.77. The van der Waals surface area contributed by atoms with E-state index in [0.29, 0.717) is 41.1 Å². The molecule has 1 aromatic carbocycles. The molecule has 0 aromatic heterocycles. The van der Waals surface area contributed by atoms with Gasteiger partial charge >= 0.3 is 0 Å². The van der Waals surface area contributed by atoms with Crippen LogP contribution in [0.15, 0.2) is 12.1 Å². The molecule has 2 heteroatoms. The Hall–Kier alpha value is -1.31. The lowest BCUT2D eigenvalue weighted by molar-refractivity contribution is -0.124. The summed E-state index contributed by atoms with van der Waals surface area (Å²) in [7, 11) is 0. The molecule has 5 atom stereocenters. The molecule has 2 saturated carbocycles. The summed E-state index contributed by atoms with van der Waals surface area (Å²) in [5, 5.41) is 10.2. The molecule has 1 N–H and O–H groups in total. The number of benzene rings is 1. The number of hydrogen-bond donors (Lipinski definition) is 1. The second-order valence-electron chi connectivity index (χ2n) is 7.75. The van der Waals surface area contributed by atoms with Gasteiger partial charge in [0.05, 0.1) is 0 Å². The first-order chi connectivity index (χ1) is 10.6. The molecule has 3 aliphatic rings. The minimum atomic E-state index is 0.338. The van der Waals surface area contributed by atoms with E-state index in [1.807, 2.05) is 6.07 Å². The van der Waals surface area contributed by atoms with Crippen molar-refractivity contribution in [1.82, 2.24) is 0 Å². The van der Waals surface area contributed by atoms with Crippen molar-refractivity contribution in [2.75, 3.05) is 0 Å². The van der Waals surface area contributed by atoms with Gasteiger partial charge in [0.25, 0.3) is 0 Å². The maximum atomic E-state index is 12.3. The quantitative estimate of drug-likeness (QED) is 0.842. The maximum absolute atomic E-state index is 12.3. The van der Waals surface area contributed by atoms with Crippen LogP contribution >= 0.6 is 0 Å². The highest BCUT2D eigenvalue weighted by molar-refractivity contribution is 5.84. The molecule has 1 aromatic rings. The zero-order valence-electron chi connectivity index (χ0n) is 13.6. The molecule has 0 saturated heterocycles. The SMILES string of the molecule is CCc1cc2c(cc1O)CCC1C2C[C@@H](C)C2C(=O)CCC12. The van der Waals surface area contributed by atoms with Gasteiger partial charge in [0, 0.05) is 12.3 Å². The number of ketones is 1. The van der Waals surface area contributed by atoms with Crippen LogP contribution in [-0.2, 0) is 17.6 Å². The predicted octanol–water partition coefficient (Wildman–Crippen LogP) is 4.24. The Labute approximate surface area is 132 Å². The van der Waals surface area contributed by atoms with E-state index >= 15 is 0 Å². The molecule has 0 radical (unpaired) electrons. The lowest BCUT2D eigenvalue weighted by Gasteiger charge is -2.46. The number of Topliss-reactive ketones (excluding diaryl/α,β-unsaturated/α-hetero) is 1. The van der Waals surface area contributed by atoms with Gasteiger partial charge in [-0.15, -0.1) is 0 Å². The average Bonchev–Trinajstić information content (AvgIpc) is 2.89. The summed E-state index contributed by atoms with van der Waals surface area (Å²) in [5.74, 6) is 3.77. The maximum Gasteiger partial charge on any atom is 0.136 e. The van der Waals surface area contributed by atoms with Crippen LogP contribution in [0.3, 0.4) is 0 Å². The van der Waals surface area contributed by atoms with E-state index in [9.17, 15) is 9.90 Å². The van der Waals surface area contributed by atoms with Crippen LogP contribution in [-0.4, -0.2) is 10.9 Å². The molecule has 0 bridgehead atoms. The monoisotopic (exact) mass is 298 g/mol. The van der Waals surface area contributed by atoms with Crippen LogP contribution in [0.25, 0.3) is 0 Å². The van der Waals surface area contributed by atoms with Gasteiger partial charge in [-0.25, -0.2) is 0 Å². The first kappa shape index (κ1) is 14.3. The van der Waals surface area contributed by atoms with Crippen molar-refractivity contribution in [2.45, 2.75) is 58.3 Å². The highest BCUT2D eigenvalue weighted by atomic mass is 16.3. The molecule has 3 aliphatic carbocycles. The molecule has 4 rings (SSSR count). The van der Waals surface area contributed by atoms with E-state index in [1.165, 1.54) is 17.5 Å². The Kier molecular flexibility index (Phi) is 3.32. The molecule has 2 fully saturated rings. The number of phenols is 1. The molecule has 0 spiro atoms. The normalized spacial score (nSPS) is 36.6. The van der Waals surface area contributed by atoms with Gasteiger partial charge < -0.3 is 5.11 Å². The van der Waals surface area contributed by atoms with E-state index < -0.39 is 0 Å². The van der Waals surface area contributed by atoms with Crippen molar-refractivity contribution in [3.05, 3.63) is 28.8 Å². The number of rotatable bonds is 1. The van der Waals surface area contributed by atoms with Gasteiger partial charge in [0.2, 0.25) is 0 Å². The molecule has 0 aliphatic heterocycles. The summed E-state index contributed by atoms with van der Waals surface area (Å²) in [6, 6.07) is 4.28. The summed E-state index contributed by atoms with van der Waals surface area (Å²) in [6.45, 7) is 4.39. The van der Waals surface area contributed by atoms with Crippen molar-refractivity contribution in [3.63, 3.8) is 0 Å². The van der Waals surface area contributed by atoms with E-state index in [0.717, 1.165) is 37.7 Å². The highest BCUT2D eigenvalue weighted by Crippen LogP contribution is 2.56. The molecule has 0 heterocycles. The lowest BCUT2D eigenvalue weighted by Crippen LogP contribution is -2.40. The van der Waals surface area contributed by atoms with Crippen LogP contribution in [0.1, 0.15) is 62.1 Å². The summed E-state index contributed by atoms with van der Waals surface area (Å²) < 4.78 is 0. The summed E-state index contributed by atoms with van der Waals surface area (Å²) in [4.78, 5) is 12.3. The van der Waals surface area contributed by atoms with Gasteiger partial charge in [0.15, 0.2) is 0 Å². The van der Waals surface area contributed by atoms with Crippen molar-refractivity contribution >= 4 is 5.78 Å². The number of carbonyl (C=O) groups excluding carboxylic acids is 1. The second-order valence-corrected chi connectivity index (χ2v) is 7.75. The Balaban J connectivity index is 1.75. The van der Waals surface area contributed by atoms with E-state index in [1.54, 1.807) is 0 Å². The number of fused-ring (bicyclic) bond motifs is 5. The van der Waals surface area contributed by atoms with E-state index in [4.69, 9.17) is 0 Å². The summed E-state index contributed by atoms with van der Waals surface area (Å²) in [6.07, 6.45) is 6.23. The average molecular weight is 298 g/mol. The van der Waals surface area contributed by atoms with Crippen molar-refractivity contribution < 1.29 is 9.90 Å². The van der Waals surface area contributed by atoms with Gasteiger partial charge in [-0.3, -0.25) is 4.79 Å². The van der Waals surface area contributed by atoms with Crippen LogP contribution < -0.4 is 0 Å². The zero-order chi connectivity index (χ0) is 15.4. The van der Waals surface area contributed by atoms with Crippen molar-refractivity contribution in [1.29, 1.82) is 0 Å². The fourth-order valence-electron chi connectivity index (χ4n) is 5.77. The Morgan fingerprint density at radius 3 is 2.73 bits per heavy atom. The number of phenolic OH excluding ortho intramolecular Hbond substituents is 1. The molecule has 118 valence electrons. The topological polar surface area (TPSA) is 37.3 Å². The van der Waals surface area contributed by atoms with Crippen LogP contribution in [0.2, 0.25) is 0 Å². The minimum absolute atomic E-state index is 0.338.